The number of benzene rings is 1. The van der Waals surface area contributed by atoms with Crippen LogP contribution >= 0.6 is 11.8 Å². The lowest BCUT2D eigenvalue weighted by Crippen LogP contribution is -2.32. The number of rotatable bonds is 1. The lowest BCUT2D eigenvalue weighted by atomic mass is 9.88. The summed E-state index contributed by atoms with van der Waals surface area (Å²) in [5.74, 6) is 0.593. The topological polar surface area (TPSA) is 20.2 Å². The van der Waals surface area contributed by atoms with E-state index in [1.165, 1.54) is 6.07 Å². The minimum Gasteiger partial charge on any atom is -0.384 e. The van der Waals surface area contributed by atoms with Crippen LogP contribution in [0.15, 0.2) is 24.3 Å². The molecule has 0 aromatic heterocycles. The molecule has 1 saturated heterocycles. The van der Waals surface area contributed by atoms with Gasteiger partial charge in [0, 0.05) is 10.8 Å². The smallest absolute Gasteiger partial charge is 0.129 e. The van der Waals surface area contributed by atoms with Crippen LogP contribution in [0.5, 0.6) is 0 Å². The number of thioether (sulfide) groups is 1. The highest BCUT2D eigenvalue weighted by Gasteiger charge is 2.41. The van der Waals surface area contributed by atoms with Crippen molar-refractivity contribution in [3.63, 3.8) is 0 Å². The number of halogens is 1. The molecule has 1 aliphatic rings. The maximum absolute atomic E-state index is 13.5. The van der Waals surface area contributed by atoms with Crippen LogP contribution in [0.2, 0.25) is 0 Å². The van der Waals surface area contributed by atoms with Crippen molar-refractivity contribution in [1.82, 2.24) is 0 Å². The van der Waals surface area contributed by atoms with Gasteiger partial charge in [0.05, 0.1) is 0 Å². The predicted molar refractivity (Wildman–Crippen MR) is 56.8 cm³/mol. The van der Waals surface area contributed by atoms with Crippen LogP contribution in [0.25, 0.3) is 0 Å². The monoisotopic (exact) mass is 212 g/mol. The van der Waals surface area contributed by atoms with Crippen LogP contribution in [0.4, 0.5) is 4.39 Å². The molecule has 0 saturated carbocycles. The van der Waals surface area contributed by atoms with Crippen LogP contribution < -0.4 is 0 Å². The third-order valence-electron chi connectivity index (χ3n) is 2.86. The first kappa shape index (κ1) is 9.99. The fourth-order valence-electron chi connectivity index (χ4n) is 1.90. The zero-order chi connectivity index (χ0) is 10.2. The Labute approximate surface area is 87.3 Å². The minimum absolute atomic E-state index is 0.0689. The first-order valence-electron chi connectivity index (χ1n) is 4.73. The van der Waals surface area contributed by atoms with E-state index in [4.69, 9.17) is 0 Å². The molecule has 0 bridgehead atoms. The number of hydrogen-bond donors (Lipinski definition) is 1. The SMILES string of the molecule is C[C@H]1SCC[C@@]1(O)c1ccccc1F. The summed E-state index contributed by atoms with van der Waals surface area (Å²) in [6.07, 6.45) is 0.639. The number of hydrogen-bond acceptors (Lipinski definition) is 2. The average molecular weight is 212 g/mol. The maximum atomic E-state index is 13.5. The van der Waals surface area contributed by atoms with Gasteiger partial charge in [0.2, 0.25) is 0 Å². The van der Waals surface area contributed by atoms with Crippen LogP contribution in [-0.2, 0) is 5.60 Å². The molecule has 14 heavy (non-hydrogen) atoms. The summed E-state index contributed by atoms with van der Waals surface area (Å²) in [6.45, 7) is 1.95. The van der Waals surface area contributed by atoms with E-state index in [1.54, 1.807) is 30.0 Å². The fourth-order valence-corrected chi connectivity index (χ4v) is 3.20. The second-order valence-corrected chi connectivity index (χ2v) is 5.12. The van der Waals surface area contributed by atoms with Gasteiger partial charge < -0.3 is 5.11 Å². The van der Waals surface area contributed by atoms with E-state index in [0.717, 1.165) is 5.75 Å². The average Bonchev–Trinajstić information content (AvgIpc) is 2.49. The lowest BCUT2D eigenvalue weighted by molar-refractivity contribution is 0.0390. The summed E-state index contributed by atoms with van der Waals surface area (Å²) < 4.78 is 13.5. The van der Waals surface area contributed by atoms with Gasteiger partial charge in [-0.3, -0.25) is 0 Å². The molecule has 1 N–H and O–H groups in total. The van der Waals surface area contributed by atoms with E-state index in [1.807, 2.05) is 6.92 Å². The normalized spacial score (nSPS) is 32.1. The molecule has 0 amide bonds. The Morgan fingerprint density at radius 3 is 2.79 bits per heavy atom. The fraction of sp³-hybridized carbons (Fsp3) is 0.455. The molecule has 2 atom stereocenters. The molecule has 3 heteroatoms. The molecule has 1 aromatic rings. The predicted octanol–water partition coefficient (Wildman–Crippen LogP) is 2.54. The summed E-state index contributed by atoms with van der Waals surface area (Å²) >= 11 is 1.69. The molecule has 1 nitrogen and oxygen atoms in total. The molecule has 1 heterocycles. The van der Waals surface area contributed by atoms with E-state index >= 15 is 0 Å². The van der Waals surface area contributed by atoms with Crippen molar-refractivity contribution in [3.05, 3.63) is 35.6 Å². The Morgan fingerprint density at radius 1 is 1.50 bits per heavy atom. The Hall–Kier alpha value is -0.540. The van der Waals surface area contributed by atoms with Crippen molar-refractivity contribution >= 4 is 11.8 Å². The van der Waals surface area contributed by atoms with Crippen LogP contribution in [0, 0.1) is 5.82 Å². The Bertz CT molecular complexity index is 342. The van der Waals surface area contributed by atoms with Gasteiger partial charge in [0.1, 0.15) is 11.4 Å². The molecular weight excluding hydrogens is 199 g/mol. The third-order valence-corrected chi connectivity index (χ3v) is 4.19. The zero-order valence-electron chi connectivity index (χ0n) is 8.03. The van der Waals surface area contributed by atoms with E-state index in [9.17, 15) is 9.50 Å². The van der Waals surface area contributed by atoms with Crippen LogP contribution in [0.3, 0.4) is 0 Å². The second-order valence-electron chi connectivity index (χ2n) is 3.67. The molecule has 1 aliphatic heterocycles. The first-order chi connectivity index (χ1) is 6.64. The Morgan fingerprint density at radius 2 is 2.21 bits per heavy atom. The van der Waals surface area contributed by atoms with E-state index < -0.39 is 5.60 Å². The van der Waals surface area contributed by atoms with Gasteiger partial charge in [-0.2, -0.15) is 11.8 Å². The summed E-state index contributed by atoms with van der Waals surface area (Å²) in [4.78, 5) is 0. The van der Waals surface area contributed by atoms with Crippen molar-refractivity contribution in [2.75, 3.05) is 5.75 Å². The van der Waals surface area contributed by atoms with Gasteiger partial charge in [-0.05, 0) is 18.2 Å². The standard InChI is InChI=1S/C11H13FOS/c1-8-11(13,6-7-14-8)9-4-2-3-5-10(9)12/h2-5,8,13H,6-7H2,1H3/t8-,11+/m1/s1. The molecule has 2 rings (SSSR count). The van der Waals surface area contributed by atoms with Crippen molar-refractivity contribution < 1.29 is 9.50 Å². The summed E-state index contributed by atoms with van der Waals surface area (Å²) in [5, 5.41) is 10.4. The second kappa shape index (κ2) is 3.55. The van der Waals surface area contributed by atoms with Gasteiger partial charge in [-0.1, -0.05) is 25.1 Å². The largest absolute Gasteiger partial charge is 0.384 e. The minimum atomic E-state index is -0.976. The van der Waals surface area contributed by atoms with Gasteiger partial charge in [-0.25, -0.2) is 4.39 Å². The Balaban J connectivity index is 2.43. The van der Waals surface area contributed by atoms with Crippen molar-refractivity contribution in [2.45, 2.75) is 24.2 Å². The molecule has 0 aliphatic carbocycles. The molecule has 76 valence electrons. The molecule has 1 fully saturated rings. The first-order valence-corrected chi connectivity index (χ1v) is 5.78. The molecule has 1 aromatic carbocycles. The molecule has 0 radical (unpaired) electrons. The van der Waals surface area contributed by atoms with Gasteiger partial charge in [-0.15, -0.1) is 0 Å². The lowest BCUT2D eigenvalue weighted by Gasteiger charge is -2.27. The van der Waals surface area contributed by atoms with Crippen molar-refractivity contribution in [2.24, 2.45) is 0 Å². The highest BCUT2D eigenvalue weighted by molar-refractivity contribution is 8.00. The maximum Gasteiger partial charge on any atom is 0.129 e. The van der Waals surface area contributed by atoms with E-state index in [0.29, 0.717) is 12.0 Å². The molecule has 0 unspecified atom stereocenters. The summed E-state index contributed by atoms with van der Waals surface area (Å²) in [7, 11) is 0. The summed E-state index contributed by atoms with van der Waals surface area (Å²) in [5.41, 5.74) is -0.534. The highest BCUT2D eigenvalue weighted by Crippen LogP contribution is 2.43. The van der Waals surface area contributed by atoms with Crippen LogP contribution in [0.1, 0.15) is 18.9 Å². The molecular formula is C11H13FOS. The van der Waals surface area contributed by atoms with Crippen LogP contribution in [-0.4, -0.2) is 16.1 Å². The van der Waals surface area contributed by atoms with Crippen molar-refractivity contribution in [3.8, 4) is 0 Å². The summed E-state index contributed by atoms with van der Waals surface area (Å²) in [6, 6.07) is 6.50. The van der Waals surface area contributed by atoms with Gasteiger partial charge in [0.15, 0.2) is 0 Å². The number of aliphatic hydroxyl groups is 1. The highest BCUT2D eigenvalue weighted by atomic mass is 32.2. The van der Waals surface area contributed by atoms with E-state index in [2.05, 4.69) is 0 Å². The molecule has 0 spiro atoms. The quantitative estimate of drug-likeness (QED) is 0.772. The third kappa shape index (κ3) is 1.44. The zero-order valence-corrected chi connectivity index (χ0v) is 8.85. The van der Waals surface area contributed by atoms with Gasteiger partial charge >= 0.3 is 0 Å². The van der Waals surface area contributed by atoms with Crippen molar-refractivity contribution in [1.29, 1.82) is 0 Å². The Kier molecular flexibility index (Phi) is 2.54. The van der Waals surface area contributed by atoms with Gasteiger partial charge in [0.25, 0.3) is 0 Å². The van der Waals surface area contributed by atoms with E-state index in [-0.39, 0.29) is 11.1 Å².